The molecule has 1 aromatic carbocycles. The lowest BCUT2D eigenvalue weighted by atomic mass is 10.2. The highest BCUT2D eigenvalue weighted by molar-refractivity contribution is 6.32. The highest BCUT2D eigenvalue weighted by atomic mass is 35.5. The molecule has 3 nitrogen and oxygen atoms in total. The van der Waals surface area contributed by atoms with Crippen LogP contribution >= 0.6 is 11.6 Å². The number of anilines is 1. The zero-order chi connectivity index (χ0) is 15.5. The third-order valence-corrected chi connectivity index (χ3v) is 3.76. The molecule has 1 aliphatic heterocycles. The van der Waals surface area contributed by atoms with E-state index in [0.29, 0.717) is 23.7 Å². The van der Waals surface area contributed by atoms with Crippen LogP contribution in [0.15, 0.2) is 18.2 Å². The summed E-state index contributed by atoms with van der Waals surface area (Å²) in [5.74, 6) is 0. The molecule has 1 fully saturated rings. The Morgan fingerprint density at radius 3 is 2.81 bits per heavy atom. The normalized spacial score (nSPS) is 19.5. The van der Waals surface area contributed by atoms with Crippen LogP contribution in [0.3, 0.4) is 0 Å². The van der Waals surface area contributed by atoms with Gasteiger partial charge in [-0.3, -0.25) is 0 Å². The van der Waals surface area contributed by atoms with Crippen molar-refractivity contribution in [1.29, 1.82) is 5.26 Å². The molecule has 7 heteroatoms. The van der Waals surface area contributed by atoms with E-state index in [-0.39, 0.29) is 12.6 Å². The van der Waals surface area contributed by atoms with E-state index in [1.165, 1.54) is 0 Å². The molecule has 1 aliphatic rings. The summed E-state index contributed by atoms with van der Waals surface area (Å²) < 4.78 is 36.6. The molecule has 1 atom stereocenters. The zero-order valence-electron chi connectivity index (χ0n) is 11.3. The number of rotatable bonds is 4. The Labute approximate surface area is 126 Å². The molecule has 1 aromatic rings. The van der Waals surface area contributed by atoms with Crippen LogP contribution in [0.4, 0.5) is 18.9 Å². The minimum atomic E-state index is -4.10. The van der Waals surface area contributed by atoms with E-state index in [2.05, 4.69) is 5.32 Å². The van der Waals surface area contributed by atoms with Crippen LogP contribution in [0.25, 0.3) is 0 Å². The minimum absolute atomic E-state index is 0.0375. The van der Waals surface area contributed by atoms with Gasteiger partial charge in [-0.05, 0) is 24.6 Å². The van der Waals surface area contributed by atoms with E-state index < -0.39 is 12.6 Å². The number of hydrogen-bond acceptors (Lipinski definition) is 3. The average Bonchev–Trinajstić information content (AvgIpc) is 2.83. The van der Waals surface area contributed by atoms with Crippen LogP contribution < -0.4 is 5.32 Å². The molecule has 0 unspecified atom stereocenters. The number of alkyl halides is 3. The van der Waals surface area contributed by atoms with Crippen LogP contribution in [0.5, 0.6) is 0 Å². The number of hydrogen-bond donors (Lipinski definition) is 1. The zero-order valence-corrected chi connectivity index (χ0v) is 12.0. The van der Waals surface area contributed by atoms with Crippen molar-refractivity contribution in [2.75, 3.05) is 25.0 Å². The minimum Gasteiger partial charge on any atom is -0.381 e. The maximum atomic E-state index is 12.2. The first kappa shape index (κ1) is 15.9. The molecular formula is C14H15ClF3N3. The predicted molar refractivity (Wildman–Crippen MR) is 75.3 cm³/mol. The maximum absolute atomic E-state index is 12.2. The lowest BCUT2D eigenvalue weighted by molar-refractivity contribution is -0.137. The van der Waals surface area contributed by atoms with Gasteiger partial charge in [0.1, 0.15) is 6.07 Å². The number of halogens is 4. The Morgan fingerprint density at radius 2 is 2.19 bits per heavy atom. The van der Waals surface area contributed by atoms with Gasteiger partial charge >= 0.3 is 6.18 Å². The van der Waals surface area contributed by atoms with Gasteiger partial charge in [-0.1, -0.05) is 11.6 Å². The maximum Gasteiger partial charge on any atom is 0.390 e. The lowest BCUT2D eigenvalue weighted by Crippen LogP contribution is -2.29. The third-order valence-electron chi connectivity index (χ3n) is 3.44. The molecule has 0 spiro atoms. The molecule has 0 radical (unpaired) electrons. The van der Waals surface area contributed by atoms with Gasteiger partial charge < -0.3 is 10.2 Å². The number of likely N-dealkylation sites (tertiary alicyclic amines) is 1. The van der Waals surface area contributed by atoms with Crippen LogP contribution in [0.2, 0.25) is 5.02 Å². The van der Waals surface area contributed by atoms with Gasteiger partial charge in [0.2, 0.25) is 0 Å². The molecule has 1 saturated heterocycles. The van der Waals surface area contributed by atoms with Gasteiger partial charge in [-0.2, -0.15) is 18.4 Å². The van der Waals surface area contributed by atoms with Crippen LogP contribution in [-0.4, -0.2) is 36.8 Å². The quantitative estimate of drug-likeness (QED) is 0.921. The van der Waals surface area contributed by atoms with Crippen molar-refractivity contribution in [3.63, 3.8) is 0 Å². The van der Waals surface area contributed by atoms with Crippen LogP contribution in [-0.2, 0) is 0 Å². The molecule has 114 valence electrons. The first-order valence-electron chi connectivity index (χ1n) is 6.62. The number of nitrogens with zero attached hydrogens (tertiary/aromatic N) is 2. The second-order valence-electron chi connectivity index (χ2n) is 5.10. The van der Waals surface area contributed by atoms with Gasteiger partial charge in [0, 0.05) is 31.4 Å². The number of nitrogens with one attached hydrogen (secondary N) is 1. The summed E-state index contributed by atoms with van der Waals surface area (Å²) in [6, 6.07) is 7.12. The Balaban J connectivity index is 1.85. The Morgan fingerprint density at radius 1 is 1.43 bits per heavy atom. The topological polar surface area (TPSA) is 39.1 Å². The van der Waals surface area contributed by atoms with Crippen molar-refractivity contribution >= 4 is 17.3 Å². The Bertz CT molecular complexity index is 539. The van der Waals surface area contributed by atoms with Crippen molar-refractivity contribution in [2.45, 2.75) is 25.1 Å². The van der Waals surface area contributed by atoms with Gasteiger partial charge in [0.05, 0.1) is 17.0 Å². The summed E-state index contributed by atoms with van der Waals surface area (Å²) in [6.07, 6.45) is -4.09. The third kappa shape index (κ3) is 4.80. The fraction of sp³-hybridized carbons (Fsp3) is 0.500. The van der Waals surface area contributed by atoms with Crippen LogP contribution in [0.1, 0.15) is 18.4 Å². The molecule has 0 aliphatic carbocycles. The number of nitriles is 1. The fourth-order valence-electron chi connectivity index (χ4n) is 2.37. The molecule has 1 heterocycles. The van der Waals surface area contributed by atoms with E-state index >= 15 is 0 Å². The molecule has 0 bridgehead atoms. The summed E-state index contributed by atoms with van der Waals surface area (Å²) >= 11 is 5.95. The standard InChI is InChI=1S/C14H15ClF3N3/c15-13-7-11(2-1-10(13)8-19)20-12-3-5-21(9-12)6-4-14(16,17)18/h1-2,7,12,20H,3-6,9H2/t12-/m0/s1. The first-order chi connectivity index (χ1) is 9.87. The molecule has 0 amide bonds. The predicted octanol–water partition coefficient (Wildman–Crippen LogP) is 3.65. The van der Waals surface area contributed by atoms with Crippen molar-refractivity contribution in [2.24, 2.45) is 0 Å². The summed E-state index contributed by atoms with van der Waals surface area (Å²) in [7, 11) is 0. The van der Waals surface area contributed by atoms with Crippen molar-refractivity contribution in [1.82, 2.24) is 4.90 Å². The number of benzene rings is 1. The summed E-state index contributed by atoms with van der Waals surface area (Å²) in [5, 5.41) is 12.4. The highest BCUT2D eigenvalue weighted by Gasteiger charge is 2.30. The summed E-state index contributed by atoms with van der Waals surface area (Å²) in [4.78, 5) is 1.80. The van der Waals surface area contributed by atoms with E-state index in [4.69, 9.17) is 16.9 Å². The second-order valence-corrected chi connectivity index (χ2v) is 5.51. The average molecular weight is 318 g/mol. The van der Waals surface area contributed by atoms with Crippen molar-refractivity contribution < 1.29 is 13.2 Å². The Hall–Kier alpha value is -1.45. The monoisotopic (exact) mass is 317 g/mol. The fourth-order valence-corrected chi connectivity index (χ4v) is 2.59. The SMILES string of the molecule is N#Cc1ccc(N[C@H]2CCN(CCC(F)(F)F)C2)cc1Cl. The largest absolute Gasteiger partial charge is 0.390 e. The van der Waals surface area contributed by atoms with Gasteiger partial charge in [0.15, 0.2) is 0 Å². The van der Waals surface area contributed by atoms with Crippen molar-refractivity contribution in [3.8, 4) is 6.07 Å². The Kier molecular flexibility index (Phi) is 4.96. The van der Waals surface area contributed by atoms with Gasteiger partial charge in [0.25, 0.3) is 0 Å². The van der Waals surface area contributed by atoms with Crippen LogP contribution in [0, 0.1) is 11.3 Å². The summed E-state index contributed by atoms with van der Waals surface area (Å²) in [5.41, 5.74) is 1.18. The molecule has 0 aromatic heterocycles. The van der Waals surface area contributed by atoms with E-state index in [1.807, 2.05) is 6.07 Å². The van der Waals surface area contributed by atoms with Gasteiger partial charge in [-0.15, -0.1) is 0 Å². The summed E-state index contributed by atoms with van der Waals surface area (Å²) in [6.45, 7) is 1.27. The lowest BCUT2D eigenvalue weighted by Gasteiger charge is -2.18. The van der Waals surface area contributed by atoms with E-state index in [9.17, 15) is 13.2 Å². The molecular weight excluding hydrogens is 303 g/mol. The molecule has 1 N–H and O–H groups in total. The smallest absolute Gasteiger partial charge is 0.381 e. The van der Waals surface area contributed by atoms with Gasteiger partial charge in [-0.25, -0.2) is 0 Å². The molecule has 0 saturated carbocycles. The van der Waals surface area contributed by atoms with E-state index in [0.717, 1.165) is 12.1 Å². The second kappa shape index (κ2) is 6.54. The molecule has 21 heavy (non-hydrogen) atoms. The highest BCUT2D eigenvalue weighted by Crippen LogP contribution is 2.24. The first-order valence-corrected chi connectivity index (χ1v) is 7.00. The molecule has 2 rings (SSSR count). The van der Waals surface area contributed by atoms with E-state index in [1.54, 1.807) is 23.1 Å². The van der Waals surface area contributed by atoms with Crippen molar-refractivity contribution in [3.05, 3.63) is 28.8 Å².